The van der Waals surface area contributed by atoms with Crippen molar-refractivity contribution < 1.29 is 26.7 Å². The van der Waals surface area contributed by atoms with Gasteiger partial charge in [-0.05, 0) is 43.7 Å². The predicted octanol–water partition coefficient (Wildman–Crippen LogP) is 3.25. The van der Waals surface area contributed by atoms with Crippen molar-refractivity contribution in [2.75, 3.05) is 27.4 Å². The second-order valence-corrected chi connectivity index (χ2v) is 8.04. The van der Waals surface area contributed by atoms with E-state index in [0.717, 1.165) is 30.0 Å². The Morgan fingerprint density at radius 1 is 0.931 bits per heavy atom. The number of unbranched alkanes of at least 4 members (excludes halogenated alkanes) is 3. The number of phenols is 1. The fourth-order valence-electron chi connectivity index (χ4n) is 2.94. The molecule has 0 aliphatic rings. The maximum Gasteiger partial charge on any atom is 0.182 e. The number of benzene rings is 2. The second-order valence-electron chi connectivity index (χ2n) is 8.04. The first-order chi connectivity index (χ1) is 13.4. The minimum atomic E-state index is 0. The molecule has 0 aliphatic carbocycles. The van der Waals surface area contributed by atoms with Gasteiger partial charge in [-0.15, -0.1) is 0 Å². The van der Waals surface area contributed by atoms with Crippen LogP contribution in [0.4, 0.5) is 11.4 Å². The monoisotopic (exact) mass is 419 g/mol. The molecule has 29 heavy (non-hydrogen) atoms. The second kappa shape index (κ2) is 12.6. The van der Waals surface area contributed by atoms with Crippen LogP contribution >= 0.6 is 0 Å². The van der Waals surface area contributed by atoms with Crippen molar-refractivity contribution in [1.82, 2.24) is 0 Å². The lowest BCUT2D eigenvalue weighted by atomic mass is 10.1. The zero-order valence-corrected chi connectivity index (χ0v) is 18.8. The normalized spacial score (nSPS) is 11.6. The van der Waals surface area contributed by atoms with E-state index < -0.39 is 0 Å². The number of aromatic hydroxyl groups is 1. The molecule has 0 radical (unpaired) electrons. The number of ether oxygens (including phenoxy) is 1. The van der Waals surface area contributed by atoms with Crippen LogP contribution in [0.2, 0.25) is 0 Å². The Morgan fingerprint density at radius 3 is 2.28 bits per heavy atom. The van der Waals surface area contributed by atoms with Gasteiger partial charge < -0.3 is 26.7 Å². The quantitative estimate of drug-likeness (QED) is 0.263. The molecule has 0 bridgehead atoms. The Bertz CT molecular complexity index is 761. The molecule has 6 heteroatoms. The molecule has 0 saturated heterocycles. The number of rotatable bonds is 11. The number of quaternary nitrogens is 1. The summed E-state index contributed by atoms with van der Waals surface area (Å²) in [6, 6.07) is 13.3. The predicted molar refractivity (Wildman–Crippen MR) is 114 cm³/mol. The SMILES string of the molecule is CCCCCCOC[N+](C)(C)Cc1cc(N=Nc2ccc(C)cc2)ccc1O.[Cl-]. The summed E-state index contributed by atoms with van der Waals surface area (Å²) in [5, 5.41) is 18.9. The van der Waals surface area contributed by atoms with Crippen LogP contribution in [0, 0.1) is 6.92 Å². The minimum absolute atomic E-state index is 0. The van der Waals surface area contributed by atoms with Crippen LogP contribution in [0.25, 0.3) is 0 Å². The van der Waals surface area contributed by atoms with Crippen LogP contribution in [-0.2, 0) is 11.3 Å². The molecule has 0 spiro atoms. The van der Waals surface area contributed by atoms with Gasteiger partial charge in [0, 0.05) is 0 Å². The molecule has 2 aromatic carbocycles. The van der Waals surface area contributed by atoms with E-state index in [4.69, 9.17) is 4.74 Å². The smallest absolute Gasteiger partial charge is 0.182 e. The molecule has 0 saturated carbocycles. The summed E-state index contributed by atoms with van der Waals surface area (Å²) in [4.78, 5) is 0. The number of phenolic OH excluding ortho intramolecular Hbond substituents is 1. The lowest BCUT2D eigenvalue weighted by molar-refractivity contribution is -0.922. The Labute approximate surface area is 181 Å². The molecule has 1 N–H and O–H groups in total. The first-order valence-corrected chi connectivity index (χ1v) is 10.1. The van der Waals surface area contributed by atoms with E-state index in [2.05, 4.69) is 31.2 Å². The summed E-state index contributed by atoms with van der Waals surface area (Å²) in [7, 11) is 4.21. The highest BCUT2D eigenvalue weighted by atomic mass is 35.5. The third-order valence-electron chi connectivity index (χ3n) is 4.56. The zero-order valence-electron chi connectivity index (χ0n) is 18.1. The fraction of sp³-hybridized carbons (Fsp3) is 0.478. The summed E-state index contributed by atoms with van der Waals surface area (Å²) in [5.41, 5.74) is 3.58. The molecular weight excluding hydrogens is 386 g/mol. The average molecular weight is 420 g/mol. The number of halogens is 1. The van der Waals surface area contributed by atoms with E-state index in [1.54, 1.807) is 12.1 Å². The van der Waals surface area contributed by atoms with Crippen molar-refractivity contribution in [3.8, 4) is 5.75 Å². The Balaban J connectivity index is 0.00000420. The van der Waals surface area contributed by atoms with Crippen molar-refractivity contribution in [1.29, 1.82) is 0 Å². The highest BCUT2D eigenvalue weighted by Gasteiger charge is 2.18. The van der Waals surface area contributed by atoms with Crippen LogP contribution in [0.5, 0.6) is 5.75 Å². The van der Waals surface area contributed by atoms with E-state index in [0.29, 0.717) is 17.8 Å². The van der Waals surface area contributed by atoms with E-state index in [-0.39, 0.29) is 18.2 Å². The standard InChI is InChI=1S/C23H33N3O2.ClH/c1-5-6-7-8-15-28-18-26(3,4)17-20-16-22(13-14-23(20)27)25-24-21-11-9-19(2)10-12-21;/h9-14,16H,5-8,15,17-18H2,1-4H3;1H. The Kier molecular flexibility index (Phi) is 10.9. The average Bonchev–Trinajstić information content (AvgIpc) is 2.66. The van der Waals surface area contributed by atoms with Crippen LogP contribution in [-0.4, -0.2) is 37.0 Å². The lowest BCUT2D eigenvalue weighted by Crippen LogP contribution is -3.00. The van der Waals surface area contributed by atoms with Gasteiger partial charge in [0.2, 0.25) is 0 Å². The first-order valence-electron chi connectivity index (χ1n) is 10.1. The molecule has 160 valence electrons. The highest BCUT2D eigenvalue weighted by molar-refractivity contribution is 5.47. The zero-order chi connectivity index (χ0) is 20.4. The molecule has 0 unspecified atom stereocenters. The highest BCUT2D eigenvalue weighted by Crippen LogP contribution is 2.27. The molecule has 5 nitrogen and oxygen atoms in total. The van der Waals surface area contributed by atoms with Crippen molar-refractivity contribution in [2.24, 2.45) is 10.2 Å². The van der Waals surface area contributed by atoms with Crippen LogP contribution < -0.4 is 12.4 Å². The molecule has 0 heterocycles. The molecular formula is C23H34ClN3O2. The summed E-state index contributed by atoms with van der Waals surface area (Å²) in [6.45, 7) is 6.32. The van der Waals surface area contributed by atoms with Gasteiger partial charge in [0.1, 0.15) is 12.3 Å². The number of hydrogen-bond donors (Lipinski definition) is 1. The number of aryl methyl sites for hydroxylation is 1. The first kappa shape index (κ1) is 25.1. The van der Waals surface area contributed by atoms with E-state index in [1.165, 1.54) is 24.8 Å². The topological polar surface area (TPSA) is 54.2 Å². The van der Waals surface area contributed by atoms with E-state index in [9.17, 15) is 5.11 Å². The van der Waals surface area contributed by atoms with Gasteiger partial charge in [-0.3, -0.25) is 0 Å². The molecule has 0 aliphatic heterocycles. The number of hydrogen-bond acceptors (Lipinski definition) is 4. The van der Waals surface area contributed by atoms with Crippen molar-refractivity contribution in [3.05, 3.63) is 53.6 Å². The molecule has 2 rings (SSSR count). The van der Waals surface area contributed by atoms with E-state index in [1.807, 2.05) is 37.3 Å². The van der Waals surface area contributed by atoms with Gasteiger partial charge in [-0.1, -0.05) is 43.9 Å². The Hall–Kier alpha value is -1.95. The fourth-order valence-corrected chi connectivity index (χ4v) is 2.94. The van der Waals surface area contributed by atoms with Crippen molar-refractivity contribution in [3.63, 3.8) is 0 Å². The summed E-state index contributed by atoms with van der Waals surface area (Å²) >= 11 is 0. The number of azo groups is 1. The lowest BCUT2D eigenvalue weighted by Gasteiger charge is -2.29. The van der Waals surface area contributed by atoms with Crippen molar-refractivity contribution >= 4 is 11.4 Å². The van der Waals surface area contributed by atoms with Gasteiger partial charge in [0.15, 0.2) is 6.73 Å². The third kappa shape index (κ3) is 9.39. The summed E-state index contributed by atoms with van der Waals surface area (Å²) in [6.07, 6.45) is 4.82. The van der Waals surface area contributed by atoms with Gasteiger partial charge in [-0.25, -0.2) is 0 Å². The third-order valence-corrected chi connectivity index (χ3v) is 4.56. The molecule has 0 amide bonds. The molecule has 2 aromatic rings. The number of nitrogens with zero attached hydrogens (tertiary/aromatic N) is 3. The summed E-state index contributed by atoms with van der Waals surface area (Å²) < 4.78 is 6.49. The van der Waals surface area contributed by atoms with Crippen LogP contribution in [0.15, 0.2) is 52.7 Å². The Morgan fingerprint density at radius 2 is 1.59 bits per heavy atom. The maximum atomic E-state index is 10.3. The van der Waals surface area contributed by atoms with Crippen LogP contribution in [0.3, 0.4) is 0 Å². The summed E-state index contributed by atoms with van der Waals surface area (Å²) in [5.74, 6) is 0.281. The van der Waals surface area contributed by atoms with Gasteiger partial charge >= 0.3 is 0 Å². The van der Waals surface area contributed by atoms with Crippen molar-refractivity contribution in [2.45, 2.75) is 46.1 Å². The van der Waals surface area contributed by atoms with E-state index >= 15 is 0 Å². The molecule has 0 atom stereocenters. The largest absolute Gasteiger partial charge is 1.00 e. The van der Waals surface area contributed by atoms with Gasteiger partial charge in [0.05, 0.1) is 37.6 Å². The maximum absolute atomic E-state index is 10.3. The minimum Gasteiger partial charge on any atom is -1.00 e. The molecule has 0 aromatic heterocycles. The van der Waals surface area contributed by atoms with Gasteiger partial charge in [-0.2, -0.15) is 10.2 Å². The van der Waals surface area contributed by atoms with Crippen LogP contribution in [0.1, 0.15) is 43.7 Å². The molecule has 0 fully saturated rings. The van der Waals surface area contributed by atoms with Gasteiger partial charge in [0.25, 0.3) is 0 Å².